The zero-order chi connectivity index (χ0) is 10.8. The normalized spacial score (nSPS) is 14.5. The summed E-state index contributed by atoms with van der Waals surface area (Å²) in [7, 11) is 0. The molecule has 3 nitrogen and oxygen atoms in total. The van der Waals surface area contributed by atoms with Crippen molar-refractivity contribution < 1.29 is 9.47 Å². The Morgan fingerprint density at radius 2 is 2.07 bits per heavy atom. The molecular weight excluding hydrogens is 278 g/mol. The fourth-order valence-electron chi connectivity index (χ4n) is 1.37. The third-order valence-electron chi connectivity index (χ3n) is 2.09. The number of fused-ring (bicyclic) bond motifs is 1. The van der Waals surface area contributed by atoms with E-state index in [0.29, 0.717) is 24.0 Å². The molecule has 1 aromatic carbocycles. The van der Waals surface area contributed by atoms with Crippen molar-refractivity contribution in [3.8, 4) is 11.5 Å². The number of hydrogen-bond donors (Lipinski definition) is 1. The maximum atomic E-state index is 5.57. The average Bonchev–Trinajstić information content (AvgIpc) is 2.42. The van der Waals surface area contributed by atoms with Crippen LogP contribution in [0.25, 0.3) is 0 Å². The van der Waals surface area contributed by atoms with Gasteiger partial charge in [0, 0.05) is 12.0 Å². The molecule has 0 spiro atoms. The van der Waals surface area contributed by atoms with Crippen molar-refractivity contribution in [1.82, 2.24) is 0 Å². The summed E-state index contributed by atoms with van der Waals surface area (Å²) >= 11 is 8.34. The summed E-state index contributed by atoms with van der Waals surface area (Å²) in [4.78, 5) is 0.353. The summed E-state index contributed by atoms with van der Waals surface area (Å²) in [6, 6.07) is 3.66. The third kappa shape index (κ3) is 2.23. The first-order chi connectivity index (χ1) is 7.18. The Kier molecular flexibility index (Phi) is 3.11. The Morgan fingerprint density at radius 3 is 2.80 bits per heavy atom. The lowest BCUT2D eigenvalue weighted by atomic mass is 10.2. The lowest BCUT2D eigenvalue weighted by Crippen LogP contribution is -2.09. The molecule has 5 heteroatoms. The van der Waals surface area contributed by atoms with E-state index in [2.05, 4.69) is 15.9 Å². The highest BCUT2D eigenvalue weighted by Gasteiger charge is 2.15. The summed E-state index contributed by atoms with van der Waals surface area (Å²) in [5.41, 5.74) is 6.35. The lowest BCUT2D eigenvalue weighted by molar-refractivity contribution is 0.296. The SMILES string of the molecule is NC(=S)c1cc(Br)c2c(c1)OCCCO2. The van der Waals surface area contributed by atoms with Crippen LogP contribution in [-0.4, -0.2) is 18.2 Å². The molecule has 0 bridgehead atoms. The van der Waals surface area contributed by atoms with Gasteiger partial charge in [0.25, 0.3) is 0 Å². The number of benzene rings is 1. The largest absolute Gasteiger partial charge is 0.489 e. The monoisotopic (exact) mass is 287 g/mol. The summed E-state index contributed by atoms with van der Waals surface area (Å²) in [5.74, 6) is 1.43. The van der Waals surface area contributed by atoms with E-state index in [1.54, 1.807) is 0 Å². The molecule has 0 aromatic heterocycles. The molecule has 0 radical (unpaired) electrons. The van der Waals surface area contributed by atoms with Crippen molar-refractivity contribution in [2.45, 2.75) is 6.42 Å². The minimum atomic E-state index is 0.353. The second-order valence-electron chi connectivity index (χ2n) is 3.20. The molecule has 2 N–H and O–H groups in total. The first-order valence-electron chi connectivity index (χ1n) is 4.57. The van der Waals surface area contributed by atoms with Gasteiger partial charge in [-0.2, -0.15) is 0 Å². The molecule has 15 heavy (non-hydrogen) atoms. The standard InChI is InChI=1S/C10H10BrNO2S/c11-7-4-6(10(12)15)5-8-9(7)14-3-1-2-13-8/h4-5H,1-3H2,(H2,12,15). The average molecular weight is 288 g/mol. The van der Waals surface area contributed by atoms with E-state index in [1.165, 1.54) is 0 Å². The van der Waals surface area contributed by atoms with Gasteiger partial charge in [-0.25, -0.2) is 0 Å². The molecule has 0 amide bonds. The zero-order valence-electron chi connectivity index (χ0n) is 7.96. The second-order valence-corrected chi connectivity index (χ2v) is 4.49. The van der Waals surface area contributed by atoms with Crippen LogP contribution in [0.1, 0.15) is 12.0 Å². The summed E-state index contributed by atoms with van der Waals surface area (Å²) in [6.07, 6.45) is 0.878. The minimum absolute atomic E-state index is 0.353. The van der Waals surface area contributed by atoms with Crippen LogP contribution in [0.15, 0.2) is 16.6 Å². The van der Waals surface area contributed by atoms with Crippen molar-refractivity contribution in [1.29, 1.82) is 0 Å². The van der Waals surface area contributed by atoms with Gasteiger partial charge in [0.15, 0.2) is 11.5 Å². The molecule has 80 valence electrons. The van der Waals surface area contributed by atoms with Crippen molar-refractivity contribution in [3.63, 3.8) is 0 Å². The molecule has 0 aliphatic carbocycles. The number of nitrogens with two attached hydrogens (primary N) is 1. The topological polar surface area (TPSA) is 44.5 Å². The molecule has 1 heterocycles. The first kappa shape index (κ1) is 10.7. The molecule has 0 atom stereocenters. The van der Waals surface area contributed by atoms with Gasteiger partial charge >= 0.3 is 0 Å². The summed E-state index contributed by atoms with van der Waals surface area (Å²) in [5, 5.41) is 0. The van der Waals surface area contributed by atoms with E-state index in [-0.39, 0.29) is 0 Å². The van der Waals surface area contributed by atoms with E-state index in [9.17, 15) is 0 Å². The molecule has 1 aliphatic heterocycles. The molecule has 1 aliphatic rings. The van der Waals surface area contributed by atoms with Crippen LogP contribution in [-0.2, 0) is 0 Å². The highest BCUT2D eigenvalue weighted by molar-refractivity contribution is 9.10. The van der Waals surface area contributed by atoms with Gasteiger partial charge in [-0.3, -0.25) is 0 Å². The predicted octanol–water partition coefficient (Wildman–Crippen LogP) is 2.24. The minimum Gasteiger partial charge on any atom is -0.489 e. The summed E-state index contributed by atoms with van der Waals surface area (Å²) < 4.78 is 11.9. The van der Waals surface area contributed by atoms with Crippen LogP contribution in [0.5, 0.6) is 11.5 Å². The Morgan fingerprint density at radius 1 is 1.33 bits per heavy atom. The van der Waals surface area contributed by atoms with Gasteiger partial charge in [-0.05, 0) is 28.1 Å². The Balaban J connectivity index is 2.48. The smallest absolute Gasteiger partial charge is 0.175 e. The van der Waals surface area contributed by atoms with Crippen LogP contribution >= 0.6 is 28.1 Å². The fourth-order valence-corrected chi connectivity index (χ4v) is 2.05. The zero-order valence-corrected chi connectivity index (χ0v) is 10.4. The molecule has 0 fully saturated rings. The van der Waals surface area contributed by atoms with Gasteiger partial charge in [0.2, 0.25) is 0 Å². The van der Waals surface area contributed by atoms with E-state index in [4.69, 9.17) is 27.4 Å². The maximum Gasteiger partial charge on any atom is 0.175 e. The highest BCUT2D eigenvalue weighted by atomic mass is 79.9. The van der Waals surface area contributed by atoms with Crippen LogP contribution < -0.4 is 15.2 Å². The number of ether oxygens (including phenoxy) is 2. The maximum absolute atomic E-state index is 5.57. The van der Waals surface area contributed by atoms with E-state index < -0.39 is 0 Å². The van der Waals surface area contributed by atoms with Gasteiger partial charge in [0.05, 0.1) is 17.7 Å². The Hall–Kier alpha value is -0.810. The van der Waals surface area contributed by atoms with Crippen molar-refractivity contribution in [2.24, 2.45) is 5.73 Å². The van der Waals surface area contributed by atoms with Crippen molar-refractivity contribution in [3.05, 3.63) is 22.2 Å². The van der Waals surface area contributed by atoms with Gasteiger partial charge in [0.1, 0.15) is 4.99 Å². The molecule has 0 saturated carbocycles. The van der Waals surface area contributed by atoms with Crippen LogP contribution in [0.4, 0.5) is 0 Å². The van der Waals surface area contributed by atoms with Crippen molar-refractivity contribution >= 4 is 33.1 Å². The van der Waals surface area contributed by atoms with E-state index >= 15 is 0 Å². The molecule has 2 rings (SSSR count). The first-order valence-corrected chi connectivity index (χ1v) is 5.77. The lowest BCUT2D eigenvalue weighted by Gasteiger charge is -2.10. The molecular formula is C10H10BrNO2S. The van der Waals surface area contributed by atoms with E-state index in [0.717, 1.165) is 22.2 Å². The van der Waals surface area contributed by atoms with Gasteiger partial charge in [-0.1, -0.05) is 12.2 Å². The number of hydrogen-bond acceptors (Lipinski definition) is 3. The van der Waals surface area contributed by atoms with Crippen molar-refractivity contribution in [2.75, 3.05) is 13.2 Å². The highest BCUT2D eigenvalue weighted by Crippen LogP contribution is 2.38. The molecule has 1 aromatic rings. The second kappa shape index (κ2) is 4.37. The predicted molar refractivity (Wildman–Crippen MR) is 65.6 cm³/mol. The number of halogens is 1. The van der Waals surface area contributed by atoms with Gasteiger partial charge < -0.3 is 15.2 Å². The van der Waals surface area contributed by atoms with E-state index in [1.807, 2.05) is 12.1 Å². The molecule has 0 unspecified atom stereocenters. The third-order valence-corrected chi connectivity index (χ3v) is 2.91. The fraction of sp³-hybridized carbons (Fsp3) is 0.300. The van der Waals surface area contributed by atoms with Gasteiger partial charge in [-0.15, -0.1) is 0 Å². The van der Waals surface area contributed by atoms with Crippen LogP contribution in [0.3, 0.4) is 0 Å². The quantitative estimate of drug-likeness (QED) is 0.805. The molecule has 0 saturated heterocycles. The van der Waals surface area contributed by atoms with Crippen LogP contribution in [0, 0.1) is 0 Å². The Bertz CT molecular complexity index is 409. The number of thiocarbonyl (C=S) groups is 1. The Labute approximate surface area is 102 Å². The van der Waals surface area contributed by atoms with Crippen LogP contribution in [0.2, 0.25) is 0 Å². The summed E-state index contributed by atoms with van der Waals surface area (Å²) in [6.45, 7) is 1.32. The number of rotatable bonds is 1.